The molecule has 0 aliphatic heterocycles. The zero-order valence-electron chi connectivity index (χ0n) is 11.2. The van der Waals surface area contributed by atoms with Crippen LogP contribution in [0.4, 0.5) is 4.39 Å². The van der Waals surface area contributed by atoms with Crippen LogP contribution in [0.2, 0.25) is 5.02 Å². The number of carboxylic acids is 1. The Labute approximate surface area is 126 Å². The van der Waals surface area contributed by atoms with E-state index in [1.54, 1.807) is 0 Å². The minimum absolute atomic E-state index is 0.0145. The minimum Gasteiger partial charge on any atom is -0.481 e. The van der Waals surface area contributed by atoms with Crippen molar-refractivity contribution >= 4 is 29.6 Å². The lowest BCUT2D eigenvalue weighted by molar-refractivity contribution is -0.137. The molecule has 1 atom stereocenters. The van der Waals surface area contributed by atoms with Gasteiger partial charge in [0.2, 0.25) is 5.91 Å². The van der Waals surface area contributed by atoms with Crippen molar-refractivity contribution in [3.05, 3.63) is 40.7 Å². The van der Waals surface area contributed by atoms with Gasteiger partial charge in [-0.1, -0.05) is 17.7 Å². The first-order valence-corrected chi connectivity index (χ1v) is 6.99. The summed E-state index contributed by atoms with van der Waals surface area (Å²) < 4.78 is 13.0. The summed E-state index contributed by atoms with van der Waals surface area (Å²) in [5.74, 6) is -1.57. The summed E-state index contributed by atoms with van der Waals surface area (Å²) in [6, 6.07) is 3.80. The van der Waals surface area contributed by atoms with Gasteiger partial charge in [-0.2, -0.15) is 0 Å². The van der Waals surface area contributed by atoms with Crippen molar-refractivity contribution in [1.82, 2.24) is 5.32 Å². The van der Waals surface area contributed by atoms with Gasteiger partial charge >= 0.3 is 5.97 Å². The highest BCUT2D eigenvalue weighted by Gasteiger charge is 2.33. The lowest BCUT2D eigenvalue weighted by atomic mass is 10.1. The van der Waals surface area contributed by atoms with E-state index >= 15 is 0 Å². The van der Waals surface area contributed by atoms with Crippen molar-refractivity contribution in [2.45, 2.75) is 25.3 Å². The fraction of sp³-hybridized carbons (Fsp3) is 0.333. The molecule has 2 rings (SSSR count). The van der Waals surface area contributed by atoms with Crippen LogP contribution >= 0.6 is 11.6 Å². The van der Waals surface area contributed by atoms with Crippen molar-refractivity contribution in [2.24, 2.45) is 5.92 Å². The highest BCUT2D eigenvalue weighted by molar-refractivity contribution is 6.30. The van der Waals surface area contributed by atoms with Crippen LogP contribution < -0.4 is 5.32 Å². The van der Waals surface area contributed by atoms with Crippen LogP contribution in [0, 0.1) is 11.7 Å². The van der Waals surface area contributed by atoms with E-state index in [0.29, 0.717) is 5.56 Å². The average Bonchev–Trinajstić information content (AvgIpc) is 3.23. The van der Waals surface area contributed by atoms with Crippen molar-refractivity contribution in [1.29, 1.82) is 0 Å². The molecule has 1 aliphatic carbocycles. The Hall–Kier alpha value is -1.88. The molecule has 0 bridgehead atoms. The van der Waals surface area contributed by atoms with Crippen LogP contribution in [0.3, 0.4) is 0 Å². The minimum atomic E-state index is -0.929. The number of carboxylic acid groups (broad SMARTS) is 1. The predicted octanol–water partition coefficient (Wildman–Crippen LogP) is 2.86. The smallest absolute Gasteiger partial charge is 0.305 e. The first kappa shape index (κ1) is 15.5. The van der Waals surface area contributed by atoms with E-state index in [1.807, 2.05) is 0 Å². The SMILES string of the molecule is O=C(O)CC(NC(=O)/C=C/c1ccc(F)c(Cl)c1)C1CC1. The quantitative estimate of drug-likeness (QED) is 0.794. The van der Waals surface area contributed by atoms with Crippen LogP contribution in [0.1, 0.15) is 24.8 Å². The van der Waals surface area contributed by atoms with Gasteiger partial charge in [0.05, 0.1) is 11.4 Å². The molecule has 112 valence electrons. The third-order valence-corrected chi connectivity index (χ3v) is 3.57. The predicted molar refractivity (Wildman–Crippen MR) is 77.4 cm³/mol. The van der Waals surface area contributed by atoms with E-state index in [1.165, 1.54) is 30.4 Å². The third kappa shape index (κ3) is 4.86. The summed E-state index contributed by atoms with van der Waals surface area (Å²) in [6.45, 7) is 0. The Balaban J connectivity index is 1.94. The molecule has 1 aromatic rings. The van der Waals surface area contributed by atoms with Crippen molar-refractivity contribution in [3.8, 4) is 0 Å². The van der Waals surface area contributed by atoms with Gasteiger partial charge in [-0.15, -0.1) is 0 Å². The lowest BCUT2D eigenvalue weighted by Gasteiger charge is -2.14. The van der Waals surface area contributed by atoms with E-state index in [2.05, 4.69) is 5.32 Å². The van der Waals surface area contributed by atoms with E-state index in [9.17, 15) is 14.0 Å². The number of carbonyl (C=O) groups excluding carboxylic acids is 1. The maximum atomic E-state index is 13.0. The molecule has 0 radical (unpaired) electrons. The highest BCUT2D eigenvalue weighted by atomic mass is 35.5. The first-order chi connectivity index (χ1) is 9.95. The van der Waals surface area contributed by atoms with Crippen molar-refractivity contribution in [2.75, 3.05) is 0 Å². The summed E-state index contributed by atoms with van der Waals surface area (Å²) in [5, 5.41) is 11.5. The van der Waals surface area contributed by atoms with Gasteiger partial charge in [-0.3, -0.25) is 9.59 Å². The van der Waals surface area contributed by atoms with E-state index in [4.69, 9.17) is 16.7 Å². The molecular formula is C15H15ClFNO3. The zero-order valence-corrected chi connectivity index (χ0v) is 11.9. The molecule has 2 N–H and O–H groups in total. The fourth-order valence-corrected chi connectivity index (χ4v) is 2.23. The van der Waals surface area contributed by atoms with E-state index < -0.39 is 11.8 Å². The number of hydrogen-bond acceptors (Lipinski definition) is 2. The molecule has 0 aromatic heterocycles. The van der Waals surface area contributed by atoms with Gasteiger partial charge in [-0.25, -0.2) is 4.39 Å². The number of amides is 1. The van der Waals surface area contributed by atoms with Crippen LogP contribution in [-0.4, -0.2) is 23.0 Å². The first-order valence-electron chi connectivity index (χ1n) is 6.61. The maximum absolute atomic E-state index is 13.0. The van der Waals surface area contributed by atoms with Gasteiger partial charge in [0, 0.05) is 12.1 Å². The fourth-order valence-electron chi connectivity index (χ4n) is 2.04. The van der Waals surface area contributed by atoms with E-state index in [-0.39, 0.29) is 29.3 Å². The van der Waals surface area contributed by atoms with Crippen LogP contribution in [-0.2, 0) is 9.59 Å². The third-order valence-electron chi connectivity index (χ3n) is 3.28. The standard InChI is InChI=1S/C15H15ClFNO3/c16-11-7-9(1-5-12(11)17)2-6-14(19)18-13(8-15(20)21)10-3-4-10/h1-2,5-7,10,13H,3-4,8H2,(H,18,19)(H,20,21)/b6-2+. The van der Waals surface area contributed by atoms with Crippen LogP contribution in [0.5, 0.6) is 0 Å². The number of benzene rings is 1. The molecule has 1 aliphatic rings. The summed E-state index contributed by atoms with van der Waals surface area (Å²) in [6.07, 6.45) is 4.60. The van der Waals surface area contributed by atoms with Crippen molar-refractivity contribution in [3.63, 3.8) is 0 Å². The van der Waals surface area contributed by atoms with Crippen molar-refractivity contribution < 1.29 is 19.1 Å². The van der Waals surface area contributed by atoms with Gasteiger partial charge in [0.25, 0.3) is 0 Å². The average molecular weight is 312 g/mol. The Kier molecular flexibility index (Phi) is 4.96. The second-order valence-electron chi connectivity index (χ2n) is 5.06. The Morgan fingerprint density at radius 2 is 2.19 bits per heavy atom. The molecule has 1 saturated carbocycles. The molecule has 1 fully saturated rings. The number of nitrogens with one attached hydrogen (secondary N) is 1. The molecule has 0 spiro atoms. The van der Waals surface area contributed by atoms with Crippen LogP contribution in [0.25, 0.3) is 6.08 Å². The monoisotopic (exact) mass is 311 g/mol. The number of halogens is 2. The molecular weight excluding hydrogens is 297 g/mol. The number of hydrogen-bond donors (Lipinski definition) is 2. The Morgan fingerprint density at radius 1 is 1.48 bits per heavy atom. The number of rotatable bonds is 6. The lowest BCUT2D eigenvalue weighted by Crippen LogP contribution is -2.37. The molecule has 1 aromatic carbocycles. The Morgan fingerprint density at radius 3 is 2.76 bits per heavy atom. The molecule has 21 heavy (non-hydrogen) atoms. The van der Waals surface area contributed by atoms with E-state index in [0.717, 1.165) is 12.8 Å². The molecule has 1 unspecified atom stereocenters. The maximum Gasteiger partial charge on any atom is 0.305 e. The highest BCUT2D eigenvalue weighted by Crippen LogP contribution is 2.34. The molecule has 0 saturated heterocycles. The molecule has 0 heterocycles. The second-order valence-corrected chi connectivity index (χ2v) is 5.46. The molecule has 4 nitrogen and oxygen atoms in total. The Bertz CT molecular complexity index is 584. The topological polar surface area (TPSA) is 66.4 Å². The second kappa shape index (κ2) is 6.72. The van der Waals surface area contributed by atoms with Gasteiger partial charge in [0.15, 0.2) is 0 Å². The van der Waals surface area contributed by atoms with Gasteiger partial charge in [-0.05, 0) is 42.5 Å². The zero-order chi connectivity index (χ0) is 15.4. The largest absolute Gasteiger partial charge is 0.481 e. The van der Waals surface area contributed by atoms with Gasteiger partial charge < -0.3 is 10.4 Å². The summed E-state index contributed by atoms with van der Waals surface area (Å²) in [5.41, 5.74) is 0.595. The molecule has 1 amide bonds. The molecule has 6 heteroatoms. The number of aliphatic carboxylic acids is 1. The summed E-state index contributed by atoms with van der Waals surface area (Å²) >= 11 is 5.65. The van der Waals surface area contributed by atoms with Crippen LogP contribution in [0.15, 0.2) is 24.3 Å². The summed E-state index contributed by atoms with van der Waals surface area (Å²) in [7, 11) is 0. The van der Waals surface area contributed by atoms with Gasteiger partial charge in [0.1, 0.15) is 5.82 Å². The normalized spacial score (nSPS) is 15.9. The number of carbonyl (C=O) groups is 2. The summed E-state index contributed by atoms with van der Waals surface area (Å²) in [4.78, 5) is 22.5.